The molecule has 0 aliphatic rings. The number of furan rings is 1. The summed E-state index contributed by atoms with van der Waals surface area (Å²) in [5.74, 6) is 6.61. The molecular weight excluding hydrogens is 359 g/mol. The van der Waals surface area contributed by atoms with Crippen molar-refractivity contribution in [1.29, 1.82) is 0 Å². The van der Waals surface area contributed by atoms with Gasteiger partial charge >= 0.3 is 147 Å². The molecule has 0 fully saturated rings. The molecule has 114 valence electrons. The summed E-state index contributed by atoms with van der Waals surface area (Å²) in [7, 11) is 0. The number of benzene rings is 3. The summed E-state index contributed by atoms with van der Waals surface area (Å²) < 4.78 is 8.39. The summed E-state index contributed by atoms with van der Waals surface area (Å²) in [4.78, 5) is 0. The van der Waals surface area contributed by atoms with E-state index < -0.39 is 0 Å². The van der Waals surface area contributed by atoms with Crippen molar-refractivity contribution in [2.45, 2.75) is 0 Å². The third kappa shape index (κ3) is 3.14. The Hall–Kier alpha value is -2.72. The fraction of sp³-hybridized carbons (Fsp3) is 0. The Bertz CT molecular complexity index is 1020. The van der Waals surface area contributed by atoms with E-state index in [0.29, 0.717) is 0 Å². The van der Waals surface area contributed by atoms with Crippen LogP contribution in [0.1, 0.15) is 11.1 Å². The summed E-state index contributed by atoms with van der Waals surface area (Å²) in [6.07, 6.45) is 0. The van der Waals surface area contributed by atoms with Crippen molar-refractivity contribution in [1.82, 2.24) is 0 Å². The first-order valence-corrected chi connectivity index (χ1v) is 9.43. The van der Waals surface area contributed by atoms with Crippen LogP contribution in [0.25, 0.3) is 11.0 Å². The van der Waals surface area contributed by atoms with E-state index in [1.54, 1.807) is 0 Å². The van der Waals surface area contributed by atoms with Gasteiger partial charge in [-0.15, -0.1) is 0 Å². The van der Waals surface area contributed by atoms with Crippen LogP contribution < -0.4 is 9.12 Å². The van der Waals surface area contributed by atoms with Gasteiger partial charge in [-0.2, -0.15) is 0 Å². The Morgan fingerprint density at radius 3 is 2.12 bits per heavy atom. The zero-order chi connectivity index (χ0) is 16.2. The predicted molar refractivity (Wildman–Crippen MR) is 100 cm³/mol. The molecule has 0 saturated carbocycles. The summed E-state index contributed by atoms with van der Waals surface area (Å²) >= 11 is 0.0982. The molecule has 0 unspecified atom stereocenters. The van der Waals surface area contributed by atoms with Crippen molar-refractivity contribution in [2.24, 2.45) is 0 Å². The molecule has 3 aromatic carbocycles. The number of fused-ring (bicyclic) bond motifs is 1. The average Bonchev–Trinajstić information content (AvgIpc) is 2.99. The van der Waals surface area contributed by atoms with Crippen LogP contribution in [0.15, 0.2) is 89.3 Å². The fourth-order valence-electron chi connectivity index (χ4n) is 2.46. The molecule has 4 rings (SSSR count). The standard InChI is InChI=1S/C22H14OSe/c1-3-9-17(10-4-1)15-16-20-19-13-7-8-14-21(19)23-22(20)24-18-11-5-2-6-12-18/h1-14H. The first kappa shape index (κ1) is 14.8. The first-order valence-electron chi connectivity index (χ1n) is 7.72. The Balaban J connectivity index is 1.80. The van der Waals surface area contributed by atoms with Crippen LogP contribution in [0.5, 0.6) is 0 Å². The predicted octanol–water partition coefficient (Wildman–Crippen LogP) is 3.49. The molecule has 0 aliphatic carbocycles. The number of hydrogen-bond donors (Lipinski definition) is 0. The van der Waals surface area contributed by atoms with Crippen molar-refractivity contribution in [3.63, 3.8) is 0 Å². The Morgan fingerprint density at radius 1 is 0.667 bits per heavy atom. The second-order valence-corrected chi connectivity index (χ2v) is 7.49. The SMILES string of the molecule is C(#Cc1c([Se]c2ccccc2)oc2ccccc12)c1ccccc1. The molecular formula is C22H14OSe. The maximum absolute atomic E-state index is 6.12. The van der Waals surface area contributed by atoms with Crippen LogP contribution in [0.4, 0.5) is 0 Å². The normalized spacial score (nSPS) is 10.3. The second-order valence-electron chi connectivity index (χ2n) is 5.29. The van der Waals surface area contributed by atoms with Crippen LogP contribution in [-0.4, -0.2) is 15.0 Å². The zero-order valence-corrected chi connectivity index (χ0v) is 14.6. The number of hydrogen-bond acceptors (Lipinski definition) is 1. The van der Waals surface area contributed by atoms with Crippen molar-refractivity contribution < 1.29 is 4.42 Å². The zero-order valence-electron chi connectivity index (χ0n) is 12.9. The van der Waals surface area contributed by atoms with Crippen LogP contribution in [0.3, 0.4) is 0 Å². The Kier molecular flexibility index (Phi) is 4.21. The molecule has 0 aliphatic heterocycles. The average molecular weight is 373 g/mol. The van der Waals surface area contributed by atoms with Gasteiger partial charge in [0.15, 0.2) is 0 Å². The van der Waals surface area contributed by atoms with Gasteiger partial charge in [-0.3, -0.25) is 0 Å². The molecule has 0 atom stereocenters. The van der Waals surface area contributed by atoms with E-state index in [1.165, 1.54) is 4.46 Å². The van der Waals surface area contributed by atoms with E-state index in [9.17, 15) is 0 Å². The topological polar surface area (TPSA) is 13.1 Å². The third-order valence-electron chi connectivity index (χ3n) is 3.62. The van der Waals surface area contributed by atoms with Gasteiger partial charge in [0.1, 0.15) is 0 Å². The number of para-hydroxylation sites is 1. The molecule has 1 nitrogen and oxygen atoms in total. The van der Waals surface area contributed by atoms with Crippen molar-refractivity contribution >= 4 is 35.0 Å². The number of rotatable bonds is 2. The van der Waals surface area contributed by atoms with Gasteiger partial charge in [-0.25, -0.2) is 0 Å². The molecule has 0 N–H and O–H groups in total. The van der Waals surface area contributed by atoms with Gasteiger partial charge in [0.25, 0.3) is 0 Å². The Morgan fingerprint density at radius 2 is 1.33 bits per heavy atom. The molecule has 0 bridgehead atoms. The van der Waals surface area contributed by atoms with Crippen molar-refractivity contribution in [2.75, 3.05) is 0 Å². The van der Waals surface area contributed by atoms with E-state index in [1.807, 2.05) is 54.6 Å². The summed E-state index contributed by atoms with van der Waals surface area (Å²) in [6, 6.07) is 28.6. The fourth-order valence-corrected chi connectivity index (χ4v) is 4.36. The third-order valence-corrected chi connectivity index (χ3v) is 5.68. The van der Waals surface area contributed by atoms with Crippen LogP contribution >= 0.6 is 0 Å². The molecule has 0 spiro atoms. The van der Waals surface area contributed by atoms with Gasteiger partial charge in [0, 0.05) is 0 Å². The minimum atomic E-state index is 0.0982. The maximum atomic E-state index is 6.12. The molecule has 0 amide bonds. The molecule has 1 aromatic heterocycles. The van der Waals surface area contributed by atoms with Gasteiger partial charge in [-0.1, -0.05) is 0 Å². The molecule has 0 saturated heterocycles. The van der Waals surface area contributed by atoms with E-state index in [-0.39, 0.29) is 15.0 Å². The van der Waals surface area contributed by atoms with Gasteiger partial charge in [0.2, 0.25) is 0 Å². The van der Waals surface area contributed by atoms with Crippen molar-refractivity contribution in [3.05, 3.63) is 96.1 Å². The molecule has 2 heteroatoms. The van der Waals surface area contributed by atoms with Crippen LogP contribution in [0.2, 0.25) is 0 Å². The van der Waals surface area contributed by atoms with Crippen molar-refractivity contribution in [3.8, 4) is 11.8 Å². The quantitative estimate of drug-likeness (QED) is 0.387. The van der Waals surface area contributed by atoms with Gasteiger partial charge < -0.3 is 0 Å². The molecule has 0 radical (unpaired) electrons. The van der Waals surface area contributed by atoms with Crippen LogP contribution in [0, 0.1) is 11.8 Å². The Labute approximate surface area is 147 Å². The van der Waals surface area contributed by atoms with E-state index in [0.717, 1.165) is 26.8 Å². The van der Waals surface area contributed by atoms with E-state index >= 15 is 0 Å². The summed E-state index contributed by atoms with van der Waals surface area (Å²) in [5, 5.41) is 1.09. The van der Waals surface area contributed by atoms with E-state index in [4.69, 9.17) is 4.42 Å². The van der Waals surface area contributed by atoms with Crippen LogP contribution in [-0.2, 0) is 0 Å². The minimum absolute atomic E-state index is 0.0982. The van der Waals surface area contributed by atoms with E-state index in [2.05, 4.69) is 42.2 Å². The van der Waals surface area contributed by atoms with Gasteiger partial charge in [0.05, 0.1) is 0 Å². The summed E-state index contributed by atoms with van der Waals surface area (Å²) in [6.45, 7) is 0. The molecule has 1 heterocycles. The molecule has 24 heavy (non-hydrogen) atoms. The first-order chi connectivity index (χ1) is 11.9. The van der Waals surface area contributed by atoms with Gasteiger partial charge in [-0.05, 0) is 0 Å². The second kappa shape index (κ2) is 6.81. The summed E-state index contributed by atoms with van der Waals surface area (Å²) in [5.41, 5.74) is 2.93. The monoisotopic (exact) mass is 374 g/mol. The molecule has 4 aromatic rings.